The maximum Gasteiger partial charge on any atom is 0.223 e. The van der Waals surface area contributed by atoms with E-state index in [0.717, 1.165) is 18.7 Å². The summed E-state index contributed by atoms with van der Waals surface area (Å²) in [6, 6.07) is 8.26. The average Bonchev–Trinajstić information content (AvgIpc) is 2.40. The highest BCUT2D eigenvalue weighted by atomic mass is 16.5. The molecule has 2 N–H and O–H groups in total. The van der Waals surface area contributed by atoms with Gasteiger partial charge in [0.1, 0.15) is 0 Å². The smallest absolute Gasteiger partial charge is 0.223 e. The Morgan fingerprint density at radius 2 is 2.21 bits per heavy atom. The zero-order chi connectivity index (χ0) is 13.7. The fourth-order valence-corrected chi connectivity index (χ4v) is 2.20. The highest BCUT2D eigenvalue weighted by Crippen LogP contribution is 2.13. The fraction of sp³-hybridized carbons (Fsp3) is 0.533. The van der Waals surface area contributed by atoms with E-state index in [0.29, 0.717) is 13.0 Å². The quantitative estimate of drug-likeness (QED) is 0.865. The number of benzene rings is 1. The molecule has 2 atom stereocenters. The Hall–Kier alpha value is -1.39. The normalized spacial score (nSPS) is 20.8. The van der Waals surface area contributed by atoms with Crippen LogP contribution in [-0.2, 0) is 9.53 Å². The number of morpholine rings is 1. The number of aryl methyl sites for hydroxylation is 1. The van der Waals surface area contributed by atoms with Gasteiger partial charge in [-0.2, -0.15) is 0 Å². The van der Waals surface area contributed by atoms with Gasteiger partial charge in [-0.15, -0.1) is 0 Å². The van der Waals surface area contributed by atoms with Crippen LogP contribution in [-0.4, -0.2) is 31.7 Å². The van der Waals surface area contributed by atoms with E-state index in [9.17, 15) is 4.79 Å². The van der Waals surface area contributed by atoms with Crippen LogP contribution in [0.15, 0.2) is 24.3 Å². The molecule has 0 aromatic heterocycles. The second-order valence-electron chi connectivity index (χ2n) is 5.10. The molecule has 1 heterocycles. The monoisotopic (exact) mass is 262 g/mol. The van der Waals surface area contributed by atoms with Gasteiger partial charge in [-0.05, 0) is 19.4 Å². The molecular weight excluding hydrogens is 240 g/mol. The predicted octanol–water partition coefficient (Wildman–Crippen LogP) is 1.55. The fourth-order valence-electron chi connectivity index (χ4n) is 2.20. The van der Waals surface area contributed by atoms with E-state index in [1.807, 2.05) is 6.92 Å². The van der Waals surface area contributed by atoms with Gasteiger partial charge in [0.2, 0.25) is 5.91 Å². The number of carbonyl (C=O) groups is 1. The first-order chi connectivity index (χ1) is 9.15. The van der Waals surface area contributed by atoms with Crippen molar-refractivity contribution in [3.05, 3.63) is 35.4 Å². The summed E-state index contributed by atoms with van der Waals surface area (Å²) in [4.78, 5) is 11.9. The average molecular weight is 262 g/mol. The lowest BCUT2D eigenvalue weighted by atomic mass is 10.1. The van der Waals surface area contributed by atoms with Gasteiger partial charge in [0.15, 0.2) is 0 Å². The molecular formula is C15H22N2O2. The van der Waals surface area contributed by atoms with Gasteiger partial charge in [-0.3, -0.25) is 4.79 Å². The SMILES string of the molecule is Cc1ccc([C@H](C)NC(=O)CC2CNCCO2)cc1. The maximum atomic E-state index is 11.9. The first kappa shape index (κ1) is 14.0. The minimum Gasteiger partial charge on any atom is -0.375 e. The van der Waals surface area contributed by atoms with Crippen LogP contribution in [0.25, 0.3) is 0 Å². The molecule has 0 bridgehead atoms. The van der Waals surface area contributed by atoms with Crippen molar-refractivity contribution in [2.24, 2.45) is 0 Å². The largest absolute Gasteiger partial charge is 0.375 e. The molecule has 1 amide bonds. The third-order valence-corrected chi connectivity index (χ3v) is 3.37. The Kier molecular flexibility index (Phi) is 4.93. The number of hydrogen-bond donors (Lipinski definition) is 2. The number of carbonyl (C=O) groups excluding carboxylic acids is 1. The molecule has 104 valence electrons. The molecule has 1 aromatic rings. The first-order valence-electron chi connectivity index (χ1n) is 6.83. The van der Waals surface area contributed by atoms with Crippen LogP contribution in [0.5, 0.6) is 0 Å². The molecule has 4 heteroatoms. The highest BCUT2D eigenvalue weighted by molar-refractivity contribution is 5.77. The molecule has 0 radical (unpaired) electrons. The number of rotatable bonds is 4. The second-order valence-corrected chi connectivity index (χ2v) is 5.10. The van der Waals surface area contributed by atoms with Gasteiger partial charge in [-0.25, -0.2) is 0 Å². The summed E-state index contributed by atoms with van der Waals surface area (Å²) < 4.78 is 5.53. The summed E-state index contributed by atoms with van der Waals surface area (Å²) >= 11 is 0. The topological polar surface area (TPSA) is 50.4 Å². The molecule has 2 rings (SSSR count). The lowest BCUT2D eigenvalue weighted by Gasteiger charge is -2.24. The van der Waals surface area contributed by atoms with Crippen LogP contribution in [0.3, 0.4) is 0 Å². The lowest BCUT2D eigenvalue weighted by Crippen LogP contribution is -2.41. The van der Waals surface area contributed by atoms with Crippen molar-refractivity contribution in [3.8, 4) is 0 Å². The van der Waals surface area contributed by atoms with Crippen LogP contribution in [0.1, 0.15) is 30.5 Å². The van der Waals surface area contributed by atoms with E-state index in [4.69, 9.17) is 4.74 Å². The van der Waals surface area contributed by atoms with Crippen LogP contribution in [0.4, 0.5) is 0 Å². The van der Waals surface area contributed by atoms with Crippen molar-refractivity contribution in [3.63, 3.8) is 0 Å². The van der Waals surface area contributed by atoms with E-state index >= 15 is 0 Å². The van der Waals surface area contributed by atoms with E-state index in [1.165, 1.54) is 5.56 Å². The van der Waals surface area contributed by atoms with Crippen molar-refractivity contribution in [1.82, 2.24) is 10.6 Å². The minimum absolute atomic E-state index is 0.000956. The van der Waals surface area contributed by atoms with Crippen molar-refractivity contribution >= 4 is 5.91 Å². The predicted molar refractivity (Wildman–Crippen MR) is 75.0 cm³/mol. The van der Waals surface area contributed by atoms with Crippen molar-refractivity contribution < 1.29 is 9.53 Å². The molecule has 0 spiro atoms. The molecule has 1 aliphatic rings. The van der Waals surface area contributed by atoms with Crippen LogP contribution >= 0.6 is 0 Å². The standard InChI is InChI=1S/C15H22N2O2/c1-11-3-5-13(6-4-11)12(2)17-15(18)9-14-10-16-7-8-19-14/h3-6,12,14,16H,7-10H2,1-2H3,(H,17,18)/t12-,14?/m0/s1. The van der Waals surface area contributed by atoms with E-state index in [1.54, 1.807) is 0 Å². The molecule has 1 unspecified atom stereocenters. The molecule has 0 saturated carbocycles. The molecule has 1 aromatic carbocycles. The van der Waals surface area contributed by atoms with Crippen molar-refractivity contribution in [2.75, 3.05) is 19.7 Å². The van der Waals surface area contributed by atoms with Gasteiger partial charge in [0, 0.05) is 13.1 Å². The summed E-state index contributed by atoms with van der Waals surface area (Å²) in [7, 11) is 0. The summed E-state index contributed by atoms with van der Waals surface area (Å²) in [5.41, 5.74) is 2.35. The minimum atomic E-state index is -0.000956. The zero-order valence-corrected chi connectivity index (χ0v) is 11.6. The molecule has 0 aliphatic carbocycles. The Morgan fingerprint density at radius 1 is 1.47 bits per heavy atom. The summed E-state index contributed by atoms with van der Waals surface area (Å²) in [6.45, 7) is 6.37. The third kappa shape index (κ3) is 4.33. The van der Waals surface area contributed by atoms with E-state index in [-0.39, 0.29) is 18.1 Å². The molecule has 1 saturated heterocycles. The Morgan fingerprint density at radius 3 is 2.84 bits per heavy atom. The van der Waals surface area contributed by atoms with Crippen LogP contribution < -0.4 is 10.6 Å². The van der Waals surface area contributed by atoms with Gasteiger partial charge >= 0.3 is 0 Å². The van der Waals surface area contributed by atoms with Gasteiger partial charge < -0.3 is 15.4 Å². The highest BCUT2D eigenvalue weighted by Gasteiger charge is 2.18. The Bertz CT molecular complexity index is 411. The van der Waals surface area contributed by atoms with E-state index < -0.39 is 0 Å². The van der Waals surface area contributed by atoms with Gasteiger partial charge in [0.05, 0.1) is 25.2 Å². The first-order valence-corrected chi connectivity index (χ1v) is 6.83. The summed E-state index contributed by atoms with van der Waals surface area (Å²) in [6.07, 6.45) is 0.419. The van der Waals surface area contributed by atoms with Crippen LogP contribution in [0, 0.1) is 6.92 Å². The Labute approximate surface area is 114 Å². The van der Waals surface area contributed by atoms with E-state index in [2.05, 4.69) is 41.8 Å². The zero-order valence-electron chi connectivity index (χ0n) is 11.6. The Balaban J connectivity index is 1.82. The molecule has 1 aliphatic heterocycles. The molecule has 4 nitrogen and oxygen atoms in total. The third-order valence-electron chi connectivity index (χ3n) is 3.37. The maximum absolute atomic E-state index is 11.9. The van der Waals surface area contributed by atoms with Crippen molar-refractivity contribution in [1.29, 1.82) is 0 Å². The second kappa shape index (κ2) is 6.68. The lowest BCUT2D eigenvalue weighted by molar-refractivity contribution is -0.125. The number of hydrogen-bond acceptors (Lipinski definition) is 3. The molecule has 19 heavy (non-hydrogen) atoms. The summed E-state index contributed by atoms with van der Waals surface area (Å²) in [5, 5.41) is 6.24. The number of nitrogens with one attached hydrogen (secondary N) is 2. The molecule has 1 fully saturated rings. The van der Waals surface area contributed by atoms with Crippen molar-refractivity contribution in [2.45, 2.75) is 32.4 Å². The van der Waals surface area contributed by atoms with Crippen LogP contribution in [0.2, 0.25) is 0 Å². The van der Waals surface area contributed by atoms with Gasteiger partial charge in [0.25, 0.3) is 0 Å². The van der Waals surface area contributed by atoms with Gasteiger partial charge in [-0.1, -0.05) is 29.8 Å². The summed E-state index contributed by atoms with van der Waals surface area (Å²) in [5.74, 6) is 0.0433. The number of amides is 1. The number of ether oxygens (including phenoxy) is 1.